The number of hydrogen-bond acceptors (Lipinski definition) is 4. The van der Waals surface area contributed by atoms with Gasteiger partial charge in [0.15, 0.2) is 0 Å². The largest absolute Gasteiger partial charge is 0.352 e. The summed E-state index contributed by atoms with van der Waals surface area (Å²) in [6.45, 7) is 1.59. The third-order valence-corrected chi connectivity index (χ3v) is 4.85. The van der Waals surface area contributed by atoms with E-state index in [-0.39, 0.29) is 5.91 Å². The van der Waals surface area contributed by atoms with Gasteiger partial charge in [-0.05, 0) is 56.4 Å². The summed E-state index contributed by atoms with van der Waals surface area (Å²) in [5.41, 5.74) is 2.70. The lowest BCUT2D eigenvalue weighted by Crippen LogP contribution is -2.26. The minimum Gasteiger partial charge on any atom is -0.352 e. The summed E-state index contributed by atoms with van der Waals surface area (Å²) in [7, 11) is 1.91. The molecule has 0 spiro atoms. The molecule has 1 aromatic carbocycles. The minimum absolute atomic E-state index is 0.0204. The highest BCUT2D eigenvalue weighted by Gasteiger charge is 2.06. The van der Waals surface area contributed by atoms with E-state index in [1.165, 1.54) is 0 Å². The average molecular weight is 354 g/mol. The maximum Gasteiger partial charge on any atom is 0.251 e. The van der Waals surface area contributed by atoms with Crippen molar-refractivity contribution in [3.63, 3.8) is 0 Å². The minimum atomic E-state index is -0.0204. The van der Waals surface area contributed by atoms with E-state index in [0.29, 0.717) is 12.1 Å². The van der Waals surface area contributed by atoms with E-state index in [1.54, 1.807) is 11.8 Å². The third kappa shape index (κ3) is 4.84. The van der Waals surface area contributed by atoms with E-state index in [0.717, 1.165) is 35.0 Å². The first-order valence-corrected chi connectivity index (χ1v) is 9.33. The van der Waals surface area contributed by atoms with E-state index < -0.39 is 0 Å². The van der Waals surface area contributed by atoms with Crippen LogP contribution in [0, 0.1) is 0 Å². The Kier molecular flexibility index (Phi) is 6.09. The molecule has 0 bridgehead atoms. The summed E-state index contributed by atoms with van der Waals surface area (Å²) in [4.78, 5) is 17.8. The average Bonchev–Trinajstić information content (AvgIpc) is 3.07. The zero-order chi connectivity index (χ0) is 17.5. The van der Waals surface area contributed by atoms with Gasteiger partial charge in [0, 0.05) is 35.2 Å². The van der Waals surface area contributed by atoms with Crippen molar-refractivity contribution in [3.05, 3.63) is 66.1 Å². The summed E-state index contributed by atoms with van der Waals surface area (Å²) < 4.78 is 2.03. The van der Waals surface area contributed by atoms with Crippen LogP contribution in [0.3, 0.4) is 0 Å². The second kappa shape index (κ2) is 8.69. The number of thioether (sulfide) groups is 1. The Morgan fingerprint density at radius 3 is 2.76 bits per heavy atom. The molecule has 0 saturated carbocycles. The number of carbonyl (C=O) groups is 1. The van der Waals surface area contributed by atoms with Crippen LogP contribution in [0.4, 0.5) is 0 Å². The zero-order valence-electron chi connectivity index (χ0n) is 14.2. The van der Waals surface area contributed by atoms with E-state index in [9.17, 15) is 4.79 Å². The van der Waals surface area contributed by atoms with Gasteiger partial charge in [-0.2, -0.15) is 0 Å². The molecule has 0 unspecified atom stereocenters. The molecule has 0 fully saturated rings. The Bertz CT molecular complexity index is 796. The van der Waals surface area contributed by atoms with Gasteiger partial charge in [0.1, 0.15) is 5.65 Å². The van der Waals surface area contributed by atoms with Crippen molar-refractivity contribution < 1.29 is 4.79 Å². The Morgan fingerprint density at radius 1 is 1.16 bits per heavy atom. The number of carbonyl (C=O) groups excluding carboxylic acids is 1. The molecule has 2 N–H and O–H groups in total. The summed E-state index contributed by atoms with van der Waals surface area (Å²) in [6, 6.07) is 13.7. The quantitative estimate of drug-likeness (QED) is 0.482. The van der Waals surface area contributed by atoms with Crippen molar-refractivity contribution in [1.82, 2.24) is 20.0 Å². The molecule has 0 saturated heterocycles. The zero-order valence-corrected chi connectivity index (χ0v) is 15.1. The second-order valence-electron chi connectivity index (χ2n) is 5.72. The standard InChI is InChI=1S/C19H22N4OS/c1-20-10-4-11-21-19(24)15-6-8-17(9-7-15)25-14-16-13-23-12-3-2-5-18(23)22-16/h2-3,5-9,12-13,20H,4,10-11,14H2,1H3,(H,21,24). The molecule has 0 aliphatic heterocycles. The van der Waals surface area contributed by atoms with Gasteiger partial charge in [-0.1, -0.05) is 6.07 Å². The Morgan fingerprint density at radius 2 is 2.00 bits per heavy atom. The maximum atomic E-state index is 12.0. The molecular weight excluding hydrogens is 332 g/mol. The van der Waals surface area contributed by atoms with E-state index in [4.69, 9.17) is 0 Å². The lowest BCUT2D eigenvalue weighted by molar-refractivity contribution is 0.0953. The number of nitrogens with zero attached hydrogens (tertiary/aromatic N) is 2. The van der Waals surface area contributed by atoms with Gasteiger partial charge in [-0.25, -0.2) is 4.98 Å². The van der Waals surface area contributed by atoms with Crippen LogP contribution in [-0.4, -0.2) is 35.4 Å². The van der Waals surface area contributed by atoms with Crippen LogP contribution in [0.5, 0.6) is 0 Å². The molecule has 3 aromatic rings. The molecule has 0 aliphatic carbocycles. The molecule has 3 rings (SSSR count). The SMILES string of the molecule is CNCCCNC(=O)c1ccc(SCc2cn3ccccc3n2)cc1. The van der Waals surface area contributed by atoms with Gasteiger partial charge < -0.3 is 15.0 Å². The number of amides is 1. The van der Waals surface area contributed by atoms with Crippen LogP contribution < -0.4 is 10.6 Å². The summed E-state index contributed by atoms with van der Waals surface area (Å²) in [5, 5.41) is 5.99. The number of aromatic nitrogens is 2. The normalized spacial score (nSPS) is 10.9. The first-order chi connectivity index (χ1) is 12.3. The number of rotatable bonds is 8. The second-order valence-corrected chi connectivity index (χ2v) is 6.77. The number of fused-ring (bicyclic) bond motifs is 1. The van der Waals surface area contributed by atoms with Crippen molar-refractivity contribution in [1.29, 1.82) is 0 Å². The third-order valence-electron chi connectivity index (χ3n) is 3.81. The van der Waals surface area contributed by atoms with Crippen LogP contribution in [-0.2, 0) is 5.75 Å². The molecule has 0 aliphatic rings. The highest BCUT2D eigenvalue weighted by atomic mass is 32.2. The molecule has 2 aromatic heterocycles. The van der Waals surface area contributed by atoms with E-state index in [1.807, 2.05) is 60.1 Å². The number of hydrogen-bond donors (Lipinski definition) is 2. The predicted octanol–water partition coefficient (Wildman–Crippen LogP) is 2.97. The van der Waals surface area contributed by atoms with Gasteiger partial charge in [-0.3, -0.25) is 4.79 Å². The topological polar surface area (TPSA) is 58.4 Å². The molecule has 130 valence electrons. The number of pyridine rings is 1. The summed E-state index contributed by atoms with van der Waals surface area (Å²) in [5.74, 6) is 0.782. The Balaban J connectivity index is 1.52. The van der Waals surface area contributed by atoms with Crippen LogP contribution >= 0.6 is 11.8 Å². The first-order valence-electron chi connectivity index (χ1n) is 8.34. The molecular formula is C19H22N4OS. The van der Waals surface area contributed by atoms with Crippen LogP contribution in [0.15, 0.2) is 59.8 Å². The van der Waals surface area contributed by atoms with Crippen LogP contribution in [0.2, 0.25) is 0 Å². The fourth-order valence-electron chi connectivity index (χ4n) is 2.49. The number of imidazole rings is 1. The van der Waals surface area contributed by atoms with Crippen molar-refractivity contribution in [2.75, 3.05) is 20.1 Å². The van der Waals surface area contributed by atoms with Crippen molar-refractivity contribution in [2.45, 2.75) is 17.1 Å². The van der Waals surface area contributed by atoms with Crippen molar-refractivity contribution in [3.8, 4) is 0 Å². The van der Waals surface area contributed by atoms with Gasteiger partial charge in [-0.15, -0.1) is 11.8 Å². The number of benzene rings is 1. The first kappa shape index (κ1) is 17.5. The smallest absolute Gasteiger partial charge is 0.251 e. The van der Waals surface area contributed by atoms with E-state index in [2.05, 4.69) is 21.8 Å². The highest BCUT2D eigenvalue weighted by molar-refractivity contribution is 7.98. The van der Waals surface area contributed by atoms with Crippen LogP contribution in [0.25, 0.3) is 5.65 Å². The van der Waals surface area contributed by atoms with Gasteiger partial charge in [0.05, 0.1) is 5.69 Å². The maximum absolute atomic E-state index is 12.0. The van der Waals surface area contributed by atoms with Gasteiger partial charge in [0.25, 0.3) is 5.91 Å². The van der Waals surface area contributed by atoms with Gasteiger partial charge >= 0.3 is 0 Å². The Hall–Kier alpha value is -2.31. The Labute approximate surface area is 151 Å². The fourth-order valence-corrected chi connectivity index (χ4v) is 3.27. The molecule has 5 nitrogen and oxygen atoms in total. The summed E-state index contributed by atoms with van der Waals surface area (Å²) >= 11 is 1.72. The lowest BCUT2D eigenvalue weighted by Gasteiger charge is -2.06. The molecule has 0 atom stereocenters. The predicted molar refractivity (Wildman–Crippen MR) is 102 cm³/mol. The molecule has 0 radical (unpaired) electrons. The number of nitrogens with one attached hydrogen (secondary N) is 2. The molecule has 2 heterocycles. The monoisotopic (exact) mass is 354 g/mol. The van der Waals surface area contributed by atoms with E-state index >= 15 is 0 Å². The fraction of sp³-hybridized carbons (Fsp3) is 0.263. The molecule has 25 heavy (non-hydrogen) atoms. The summed E-state index contributed by atoms with van der Waals surface area (Å²) in [6.07, 6.45) is 4.98. The molecule has 1 amide bonds. The van der Waals surface area contributed by atoms with Crippen molar-refractivity contribution >= 4 is 23.3 Å². The lowest BCUT2D eigenvalue weighted by atomic mass is 10.2. The van der Waals surface area contributed by atoms with Crippen LogP contribution in [0.1, 0.15) is 22.5 Å². The molecule has 6 heteroatoms. The van der Waals surface area contributed by atoms with Gasteiger partial charge in [0.2, 0.25) is 0 Å². The highest BCUT2D eigenvalue weighted by Crippen LogP contribution is 2.23. The van der Waals surface area contributed by atoms with Crippen molar-refractivity contribution in [2.24, 2.45) is 0 Å².